The van der Waals surface area contributed by atoms with Crippen LogP contribution in [0.15, 0.2) is 24.8 Å². The molecule has 0 spiro atoms. The first kappa shape index (κ1) is 14.8. The van der Waals surface area contributed by atoms with E-state index in [1.54, 1.807) is 26.6 Å². The highest BCUT2D eigenvalue weighted by Gasteiger charge is 2.13. The maximum Gasteiger partial charge on any atom is 0.225 e. The number of rotatable bonds is 6. The molecule has 2 rings (SSSR count). The van der Waals surface area contributed by atoms with Gasteiger partial charge in [-0.05, 0) is 6.07 Å². The molecule has 0 aliphatic carbocycles. The largest absolute Gasteiger partial charge is 0.481 e. The molecule has 7 heteroatoms. The fraction of sp³-hybridized carbons (Fsp3) is 0.357. The van der Waals surface area contributed by atoms with Crippen LogP contribution in [-0.2, 0) is 6.54 Å². The number of pyridine rings is 1. The van der Waals surface area contributed by atoms with Gasteiger partial charge in [0, 0.05) is 20.3 Å². The number of nitrogens with one attached hydrogen (secondary N) is 1. The van der Waals surface area contributed by atoms with Gasteiger partial charge in [0.05, 0.1) is 43.9 Å². The lowest BCUT2D eigenvalue weighted by molar-refractivity contribution is 0.363. The molecule has 2 aromatic rings. The van der Waals surface area contributed by atoms with Crippen LogP contribution in [0.4, 0.5) is 11.4 Å². The molecule has 0 aliphatic heterocycles. The summed E-state index contributed by atoms with van der Waals surface area (Å²) in [7, 11) is 7.10. The van der Waals surface area contributed by atoms with E-state index in [9.17, 15) is 0 Å². The lowest BCUT2D eigenvalue weighted by Gasteiger charge is -2.18. The molecule has 0 atom stereocenters. The van der Waals surface area contributed by atoms with E-state index >= 15 is 0 Å². The van der Waals surface area contributed by atoms with E-state index in [0.29, 0.717) is 18.3 Å². The van der Waals surface area contributed by atoms with E-state index in [4.69, 9.17) is 9.47 Å². The number of hydrogen-bond donors (Lipinski definition) is 1. The van der Waals surface area contributed by atoms with Crippen molar-refractivity contribution < 1.29 is 9.47 Å². The second kappa shape index (κ2) is 6.74. The fourth-order valence-electron chi connectivity index (χ4n) is 1.98. The Bertz CT molecular complexity index is 581. The third kappa shape index (κ3) is 3.31. The van der Waals surface area contributed by atoms with Gasteiger partial charge in [0.25, 0.3) is 0 Å². The minimum atomic E-state index is 0.472. The van der Waals surface area contributed by atoms with Crippen molar-refractivity contribution in [1.82, 2.24) is 15.0 Å². The van der Waals surface area contributed by atoms with Crippen LogP contribution in [0, 0.1) is 0 Å². The minimum absolute atomic E-state index is 0.472. The van der Waals surface area contributed by atoms with Crippen molar-refractivity contribution in [1.29, 1.82) is 0 Å². The first-order valence-corrected chi connectivity index (χ1v) is 6.44. The van der Waals surface area contributed by atoms with Gasteiger partial charge in [-0.15, -0.1) is 0 Å². The summed E-state index contributed by atoms with van der Waals surface area (Å²) in [6.07, 6.45) is 4.95. The zero-order chi connectivity index (χ0) is 15.2. The van der Waals surface area contributed by atoms with Crippen molar-refractivity contribution >= 4 is 11.4 Å². The molecule has 0 unspecified atom stereocenters. The highest BCUT2D eigenvalue weighted by molar-refractivity contribution is 5.68. The highest BCUT2D eigenvalue weighted by Crippen LogP contribution is 2.27. The Labute approximate surface area is 124 Å². The lowest BCUT2D eigenvalue weighted by atomic mass is 10.2. The second-order valence-corrected chi connectivity index (χ2v) is 4.51. The number of methoxy groups -OCH3 is 2. The van der Waals surface area contributed by atoms with Crippen molar-refractivity contribution in [3.63, 3.8) is 0 Å². The molecule has 2 aromatic heterocycles. The number of hydrogen-bond acceptors (Lipinski definition) is 7. The van der Waals surface area contributed by atoms with E-state index in [1.807, 2.05) is 25.1 Å². The zero-order valence-corrected chi connectivity index (χ0v) is 12.6. The molecule has 0 fully saturated rings. The summed E-state index contributed by atoms with van der Waals surface area (Å²) in [4.78, 5) is 14.3. The number of aromatic nitrogens is 3. The molecule has 21 heavy (non-hydrogen) atoms. The first-order valence-electron chi connectivity index (χ1n) is 6.44. The smallest absolute Gasteiger partial charge is 0.225 e. The van der Waals surface area contributed by atoms with Crippen LogP contribution in [0.2, 0.25) is 0 Å². The van der Waals surface area contributed by atoms with E-state index in [2.05, 4.69) is 20.3 Å². The van der Waals surface area contributed by atoms with Crippen LogP contribution >= 0.6 is 0 Å². The number of ether oxygens (including phenoxy) is 2. The fourth-order valence-corrected chi connectivity index (χ4v) is 1.98. The van der Waals surface area contributed by atoms with Gasteiger partial charge in [-0.25, -0.2) is 9.97 Å². The Balaban J connectivity index is 2.24. The summed E-state index contributed by atoms with van der Waals surface area (Å²) in [5, 5.41) is 3.32. The maximum atomic E-state index is 5.26. The third-order valence-electron chi connectivity index (χ3n) is 2.99. The van der Waals surface area contributed by atoms with Gasteiger partial charge >= 0.3 is 0 Å². The summed E-state index contributed by atoms with van der Waals surface area (Å²) >= 11 is 0. The van der Waals surface area contributed by atoms with Crippen molar-refractivity contribution in [3.05, 3.63) is 30.4 Å². The molecule has 0 saturated heterocycles. The van der Waals surface area contributed by atoms with Gasteiger partial charge in [-0.2, -0.15) is 0 Å². The molecule has 0 bridgehead atoms. The minimum Gasteiger partial charge on any atom is -0.481 e. The van der Waals surface area contributed by atoms with Crippen LogP contribution in [0.1, 0.15) is 5.56 Å². The Morgan fingerprint density at radius 2 is 1.81 bits per heavy atom. The molecule has 0 radical (unpaired) electrons. The predicted molar refractivity (Wildman–Crippen MR) is 81.0 cm³/mol. The molecule has 0 saturated carbocycles. The quantitative estimate of drug-likeness (QED) is 0.865. The molecule has 0 aliphatic rings. The molecule has 0 amide bonds. The Kier molecular flexibility index (Phi) is 4.76. The van der Waals surface area contributed by atoms with Gasteiger partial charge in [0.1, 0.15) is 6.33 Å². The van der Waals surface area contributed by atoms with Crippen molar-refractivity contribution in [3.8, 4) is 11.8 Å². The topological polar surface area (TPSA) is 72.4 Å². The van der Waals surface area contributed by atoms with Crippen molar-refractivity contribution in [2.45, 2.75) is 6.54 Å². The van der Waals surface area contributed by atoms with E-state index in [0.717, 1.165) is 16.9 Å². The molecule has 112 valence electrons. The summed E-state index contributed by atoms with van der Waals surface area (Å²) in [6.45, 7) is 0.472. The average molecular weight is 289 g/mol. The summed E-state index contributed by atoms with van der Waals surface area (Å²) in [6, 6.07) is 1.94. The van der Waals surface area contributed by atoms with E-state index in [-0.39, 0.29) is 0 Å². The maximum absolute atomic E-state index is 5.26. The highest BCUT2D eigenvalue weighted by atomic mass is 16.5. The Hall–Kier alpha value is -2.57. The van der Waals surface area contributed by atoms with Crippen LogP contribution in [0.3, 0.4) is 0 Å². The number of nitrogens with zero attached hydrogens (tertiary/aromatic N) is 4. The lowest BCUT2D eigenvalue weighted by Crippen LogP contribution is -2.13. The second-order valence-electron chi connectivity index (χ2n) is 4.51. The average Bonchev–Trinajstić information content (AvgIpc) is 2.52. The van der Waals surface area contributed by atoms with Gasteiger partial charge in [0.2, 0.25) is 11.8 Å². The van der Waals surface area contributed by atoms with E-state index < -0.39 is 0 Å². The third-order valence-corrected chi connectivity index (χ3v) is 2.99. The standard InChI is InChI=1S/C14H19N5O2/c1-19(2)12-5-6-15-8-11(12)16-7-10-13(20-3)17-9-18-14(10)21-4/h5-6,8-9,16H,7H2,1-4H3. The molecule has 0 aromatic carbocycles. The molecular formula is C14H19N5O2. The first-order chi connectivity index (χ1) is 10.2. The van der Waals surface area contributed by atoms with Crippen LogP contribution < -0.4 is 19.7 Å². The van der Waals surface area contributed by atoms with Gasteiger partial charge in [-0.1, -0.05) is 0 Å². The van der Waals surface area contributed by atoms with Crippen molar-refractivity contribution in [2.24, 2.45) is 0 Å². The van der Waals surface area contributed by atoms with Crippen LogP contribution in [0.25, 0.3) is 0 Å². The van der Waals surface area contributed by atoms with Gasteiger partial charge in [0.15, 0.2) is 0 Å². The SMILES string of the molecule is COc1ncnc(OC)c1CNc1cnccc1N(C)C. The Morgan fingerprint density at radius 1 is 1.14 bits per heavy atom. The molecule has 2 heterocycles. The monoisotopic (exact) mass is 289 g/mol. The summed E-state index contributed by atoms with van der Waals surface area (Å²) < 4.78 is 10.5. The van der Waals surface area contributed by atoms with Crippen LogP contribution in [-0.4, -0.2) is 43.3 Å². The van der Waals surface area contributed by atoms with Crippen LogP contribution in [0.5, 0.6) is 11.8 Å². The molecule has 1 N–H and O–H groups in total. The number of anilines is 2. The normalized spacial score (nSPS) is 10.1. The predicted octanol–water partition coefficient (Wildman–Crippen LogP) is 1.57. The molecular weight excluding hydrogens is 270 g/mol. The summed E-state index contributed by atoms with van der Waals surface area (Å²) in [5.74, 6) is 0.981. The Morgan fingerprint density at radius 3 is 2.38 bits per heavy atom. The zero-order valence-electron chi connectivity index (χ0n) is 12.6. The van der Waals surface area contributed by atoms with Crippen molar-refractivity contribution in [2.75, 3.05) is 38.5 Å². The molecule has 7 nitrogen and oxygen atoms in total. The van der Waals surface area contributed by atoms with Gasteiger partial charge < -0.3 is 19.7 Å². The van der Waals surface area contributed by atoms with E-state index in [1.165, 1.54) is 6.33 Å². The summed E-state index contributed by atoms with van der Waals surface area (Å²) in [5.41, 5.74) is 2.71. The van der Waals surface area contributed by atoms with Gasteiger partial charge in [-0.3, -0.25) is 4.98 Å².